The van der Waals surface area contributed by atoms with E-state index in [1.807, 2.05) is 18.7 Å². The number of pyridine rings is 2. The molecule has 4 aromatic rings. The normalized spacial score (nSPS) is 17.4. The van der Waals surface area contributed by atoms with Gasteiger partial charge in [-0.3, -0.25) is 9.78 Å². The standard InChI is InChI=1S/C29H25ClF4N4O4S/c1-15-13-38(14-16(2)42-15)26-9-20(31)8-25(37-26)23-4-3-17-11-35-21(10-24(17)27(23)32)12-36-28(39)18-5-19(30)7-22(6-18)43(40,41)29(33)34/h3-11,15-16,29H,12-14H2,1-2H3,(H,36,39)/t15-,16+. The van der Waals surface area contributed by atoms with Crippen molar-refractivity contribution in [3.63, 3.8) is 0 Å². The van der Waals surface area contributed by atoms with Crippen LogP contribution in [0.3, 0.4) is 0 Å². The Morgan fingerprint density at radius 1 is 1.09 bits per heavy atom. The Morgan fingerprint density at radius 2 is 1.81 bits per heavy atom. The molecule has 0 radical (unpaired) electrons. The number of amides is 1. The van der Waals surface area contributed by atoms with Crippen LogP contribution in [0.25, 0.3) is 22.0 Å². The van der Waals surface area contributed by atoms with Crippen LogP contribution in [0.15, 0.2) is 59.6 Å². The first-order valence-electron chi connectivity index (χ1n) is 13.1. The molecule has 0 spiro atoms. The number of nitrogens with zero attached hydrogens (tertiary/aromatic N) is 3. The molecule has 0 saturated carbocycles. The molecule has 2 aromatic heterocycles. The number of ether oxygens (including phenoxy) is 1. The third-order valence-electron chi connectivity index (χ3n) is 6.82. The molecule has 226 valence electrons. The first kappa shape index (κ1) is 30.6. The summed E-state index contributed by atoms with van der Waals surface area (Å²) in [6.45, 7) is 4.60. The van der Waals surface area contributed by atoms with Crippen LogP contribution >= 0.6 is 11.6 Å². The second-order valence-corrected chi connectivity index (χ2v) is 12.5. The number of anilines is 1. The number of carbonyl (C=O) groups is 1. The summed E-state index contributed by atoms with van der Waals surface area (Å²) in [6.07, 6.45) is 1.22. The van der Waals surface area contributed by atoms with Crippen molar-refractivity contribution in [3.05, 3.63) is 82.6 Å². The zero-order chi connectivity index (χ0) is 31.1. The maximum absolute atomic E-state index is 15.9. The van der Waals surface area contributed by atoms with Crippen LogP contribution in [-0.2, 0) is 21.1 Å². The Labute approximate surface area is 249 Å². The average Bonchev–Trinajstić information content (AvgIpc) is 2.95. The Hall–Kier alpha value is -3.81. The largest absolute Gasteiger partial charge is 0.372 e. The number of carbonyl (C=O) groups excluding carboxylic acids is 1. The molecule has 8 nitrogen and oxygen atoms in total. The predicted molar refractivity (Wildman–Crippen MR) is 153 cm³/mol. The van der Waals surface area contributed by atoms with E-state index in [-0.39, 0.29) is 51.7 Å². The summed E-state index contributed by atoms with van der Waals surface area (Å²) in [7, 11) is -4.98. The fraction of sp³-hybridized carbons (Fsp3) is 0.276. The number of nitrogens with one attached hydrogen (secondary N) is 1. The van der Waals surface area contributed by atoms with Gasteiger partial charge >= 0.3 is 5.76 Å². The SMILES string of the molecule is C[C@@H]1CN(c2cc(F)cc(-c3ccc4cnc(CNC(=O)c5cc(Cl)cc(S(=O)(=O)C(F)F)c5)cc4c3F)n2)C[C@H](C)O1. The number of hydrogen-bond acceptors (Lipinski definition) is 7. The minimum absolute atomic E-state index is 0.0653. The number of benzene rings is 2. The molecule has 3 heterocycles. The average molecular weight is 637 g/mol. The predicted octanol–water partition coefficient (Wildman–Crippen LogP) is 5.77. The van der Waals surface area contributed by atoms with Gasteiger partial charge in [-0.25, -0.2) is 22.2 Å². The fourth-order valence-corrected chi connectivity index (χ4v) is 5.99. The molecule has 1 saturated heterocycles. The number of hydrogen-bond donors (Lipinski definition) is 1. The van der Waals surface area contributed by atoms with Crippen molar-refractivity contribution < 1.29 is 35.5 Å². The highest BCUT2D eigenvalue weighted by Gasteiger charge is 2.28. The molecule has 1 aliphatic rings. The van der Waals surface area contributed by atoms with Crippen LogP contribution in [0.2, 0.25) is 5.02 Å². The van der Waals surface area contributed by atoms with Crippen LogP contribution in [0.4, 0.5) is 23.4 Å². The van der Waals surface area contributed by atoms with E-state index in [2.05, 4.69) is 15.3 Å². The van der Waals surface area contributed by atoms with Crippen LogP contribution in [0.5, 0.6) is 0 Å². The van der Waals surface area contributed by atoms with Crippen molar-refractivity contribution in [1.29, 1.82) is 0 Å². The van der Waals surface area contributed by atoms with Gasteiger partial charge in [-0.15, -0.1) is 0 Å². The smallest absolute Gasteiger partial charge is 0.341 e. The van der Waals surface area contributed by atoms with E-state index in [1.165, 1.54) is 24.4 Å². The van der Waals surface area contributed by atoms with Gasteiger partial charge in [0.05, 0.1) is 35.0 Å². The van der Waals surface area contributed by atoms with E-state index < -0.39 is 38.0 Å². The number of halogens is 5. The first-order valence-corrected chi connectivity index (χ1v) is 15.0. The summed E-state index contributed by atoms with van der Waals surface area (Å²) >= 11 is 5.87. The summed E-state index contributed by atoms with van der Waals surface area (Å²) in [6, 6.07) is 9.70. The number of aromatic nitrogens is 2. The van der Waals surface area contributed by atoms with Gasteiger partial charge in [0.2, 0.25) is 9.84 Å². The first-order chi connectivity index (χ1) is 20.3. The molecule has 43 heavy (non-hydrogen) atoms. The summed E-state index contributed by atoms with van der Waals surface area (Å²) in [5, 5.41) is 2.86. The number of alkyl halides is 2. The molecule has 2 aromatic carbocycles. The van der Waals surface area contributed by atoms with Crippen molar-refractivity contribution in [2.24, 2.45) is 0 Å². The Morgan fingerprint density at radius 3 is 2.51 bits per heavy atom. The lowest BCUT2D eigenvalue weighted by atomic mass is 10.0. The number of rotatable bonds is 7. The zero-order valence-corrected chi connectivity index (χ0v) is 24.4. The molecule has 2 atom stereocenters. The fourth-order valence-electron chi connectivity index (χ4n) is 4.90. The summed E-state index contributed by atoms with van der Waals surface area (Å²) in [4.78, 5) is 22.6. The molecule has 1 aliphatic heterocycles. The van der Waals surface area contributed by atoms with Crippen LogP contribution < -0.4 is 10.2 Å². The van der Waals surface area contributed by atoms with E-state index in [1.54, 1.807) is 6.07 Å². The summed E-state index contributed by atoms with van der Waals surface area (Å²) < 4.78 is 85.9. The molecular formula is C29H25ClF4N4O4S. The van der Waals surface area contributed by atoms with Crippen molar-refractivity contribution in [2.45, 2.75) is 43.3 Å². The molecule has 0 aliphatic carbocycles. The van der Waals surface area contributed by atoms with E-state index in [0.717, 1.165) is 24.3 Å². The van der Waals surface area contributed by atoms with Crippen molar-refractivity contribution in [3.8, 4) is 11.3 Å². The van der Waals surface area contributed by atoms with Gasteiger partial charge in [-0.2, -0.15) is 8.78 Å². The zero-order valence-electron chi connectivity index (χ0n) is 22.8. The number of fused-ring (bicyclic) bond motifs is 1. The molecular weight excluding hydrogens is 612 g/mol. The van der Waals surface area contributed by atoms with Gasteiger partial charge in [0.15, 0.2) is 0 Å². The van der Waals surface area contributed by atoms with Gasteiger partial charge in [0.25, 0.3) is 5.91 Å². The van der Waals surface area contributed by atoms with E-state index >= 15 is 4.39 Å². The van der Waals surface area contributed by atoms with Crippen LogP contribution in [-0.4, -0.2) is 55.3 Å². The van der Waals surface area contributed by atoms with Gasteiger partial charge in [-0.1, -0.05) is 17.7 Å². The molecule has 0 unspecified atom stereocenters. The lowest BCUT2D eigenvalue weighted by Gasteiger charge is -2.36. The van der Waals surface area contributed by atoms with Crippen molar-refractivity contribution >= 4 is 43.9 Å². The third-order valence-corrected chi connectivity index (χ3v) is 8.40. The second kappa shape index (κ2) is 12.1. The Balaban J connectivity index is 1.40. The van der Waals surface area contributed by atoms with E-state index in [4.69, 9.17) is 16.3 Å². The quantitative estimate of drug-likeness (QED) is 0.257. The monoisotopic (exact) mass is 636 g/mol. The molecule has 1 N–H and O–H groups in total. The highest BCUT2D eigenvalue weighted by atomic mass is 35.5. The van der Waals surface area contributed by atoms with Crippen LogP contribution in [0.1, 0.15) is 29.9 Å². The molecule has 5 rings (SSSR count). The minimum atomic E-state index is -4.98. The number of sulfone groups is 1. The highest BCUT2D eigenvalue weighted by Crippen LogP contribution is 2.31. The number of morpholine rings is 1. The molecule has 0 bridgehead atoms. The summed E-state index contributed by atoms with van der Waals surface area (Å²) in [5.74, 6) is -5.39. The van der Waals surface area contributed by atoms with Crippen molar-refractivity contribution in [2.75, 3.05) is 18.0 Å². The molecule has 1 amide bonds. The minimum Gasteiger partial charge on any atom is -0.372 e. The van der Waals surface area contributed by atoms with Gasteiger partial charge < -0.3 is 15.0 Å². The lowest BCUT2D eigenvalue weighted by molar-refractivity contribution is -0.00547. The van der Waals surface area contributed by atoms with E-state index in [0.29, 0.717) is 24.3 Å². The van der Waals surface area contributed by atoms with E-state index in [9.17, 15) is 26.4 Å². The maximum atomic E-state index is 15.9. The van der Waals surface area contributed by atoms with Gasteiger partial charge in [0, 0.05) is 58.3 Å². The second-order valence-electron chi connectivity index (χ2n) is 10.2. The van der Waals surface area contributed by atoms with Gasteiger partial charge in [0.1, 0.15) is 17.5 Å². The lowest BCUT2D eigenvalue weighted by Crippen LogP contribution is -2.45. The highest BCUT2D eigenvalue weighted by molar-refractivity contribution is 7.91. The van der Waals surface area contributed by atoms with Crippen molar-refractivity contribution in [1.82, 2.24) is 15.3 Å². The Bertz CT molecular complexity index is 1820. The maximum Gasteiger partial charge on any atom is 0.341 e. The van der Waals surface area contributed by atoms with Crippen LogP contribution in [0, 0.1) is 11.6 Å². The third kappa shape index (κ3) is 6.58. The van der Waals surface area contributed by atoms with Gasteiger partial charge in [-0.05, 0) is 44.2 Å². The molecule has 14 heteroatoms. The Kier molecular flexibility index (Phi) is 8.59. The molecule has 1 fully saturated rings. The summed E-state index contributed by atoms with van der Waals surface area (Å²) in [5.41, 5.74) is 0.139. The topological polar surface area (TPSA) is 101 Å².